The molecule has 0 saturated heterocycles. The number of thioether (sulfide) groups is 1. The van der Waals surface area contributed by atoms with Crippen LogP contribution < -0.4 is 11.1 Å². The summed E-state index contributed by atoms with van der Waals surface area (Å²) in [6.45, 7) is 8.76. The van der Waals surface area contributed by atoms with Crippen molar-refractivity contribution in [3.8, 4) is 0 Å². The fourth-order valence-corrected chi connectivity index (χ4v) is 3.87. The molecule has 3 N–H and O–H groups in total. The fourth-order valence-electron chi connectivity index (χ4n) is 2.77. The number of primary amides is 1. The third-order valence-corrected chi connectivity index (χ3v) is 5.42. The predicted molar refractivity (Wildman–Crippen MR) is 111 cm³/mol. The molecule has 1 atom stereocenters. The first-order valence-corrected chi connectivity index (χ1v) is 10.8. The van der Waals surface area contributed by atoms with E-state index >= 15 is 0 Å². The highest BCUT2D eigenvalue weighted by molar-refractivity contribution is 8.00. The van der Waals surface area contributed by atoms with Gasteiger partial charge < -0.3 is 20.1 Å². The minimum atomic E-state index is -0.374. The van der Waals surface area contributed by atoms with Gasteiger partial charge in [0, 0.05) is 25.5 Å². The van der Waals surface area contributed by atoms with E-state index in [0.29, 0.717) is 47.9 Å². The number of nitrogens with two attached hydrogens (primary N) is 1. The van der Waals surface area contributed by atoms with Gasteiger partial charge in [0.15, 0.2) is 11.0 Å². The molecule has 0 bridgehead atoms. The van der Waals surface area contributed by atoms with Crippen LogP contribution in [0.2, 0.25) is 0 Å². The average molecular weight is 423 g/mol. The van der Waals surface area contributed by atoms with E-state index in [2.05, 4.69) is 41.4 Å². The minimum absolute atomic E-state index is 0.144. The number of rotatable bonds is 12. The Labute approximate surface area is 175 Å². The summed E-state index contributed by atoms with van der Waals surface area (Å²) < 4.78 is 7.01. The van der Waals surface area contributed by atoms with Gasteiger partial charge in [-0.15, -0.1) is 10.2 Å². The van der Waals surface area contributed by atoms with Crippen molar-refractivity contribution in [2.45, 2.75) is 76.8 Å². The third kappa shape index (κ3) is 7.19. The van der Waals surface area contributed by atoms with Gasteiger partial charge in [-0.05, 0) is 19.3 Å². The molecule has 0 spiro atoms. The van der Waals surface area contributed by atoms with E-state index in [9.17, 15) is 9.59 Å². The Morgan fingerprint density at radius 1 is 1.34 bits per heavy atom. The Morgan fingerprint density at radius 3 is 2.69 bits per heavy atom. The number of hydrogen-bond donors (Lipinski definition) is 2. The molecule has 2 amide bonds. The smallest absolute Gasteiger partial charge is 0.239 e. The van der Waals surface area contributed by atoms with Crippen molar-refractivity contribution in [1.29, 1.82) is 0 Å². The van der Waals surface area contributed by atoms with E-state index < -0.39 is 0 Å². The summed E-state index contributed by atoms with van der Waals surface area (Å²) in [4.78, 5) is 24.0. The molecule has 0 aliphatic heterocycles. The molecule has 0 radical (unpaired) electrons. The standard InChI is InChI=1S/C19H30N6O3S/c1-5-6-7-14(18(27)21-16-10-13(4)28-24-16)29-19-23-22-17(9-8-15(20)26)25(19)11-12(2)3/h10,12,14H,5-9,11H2,1-4H3,(H2,20,26)(H,21,24,27). The average Bonchev–Trinajstić information content (AvgIpc) is 3.22. The topological polar surface area (TPSA) is 129 Å². The van der Waals surface area contributed by atoms with E-state index in [4.69, 9.17) is 10.3 Å². The summed E-state index contributed by atoms with van der Waals surface area (Å²) in [7, 11) is 0. The van der Waals surface area contributed by atoms with Crippen LogP contribution in [0.3, 0.4) is 0 Å². The summed E-state index contributed by atoms with van der Waals surface area (Å²) in [6, 6.07) is 1.68. The normalized spacial score (nSPS) is 12.3. The summed E-state index contributed by atoms with van der Waals surface area (Å²) >= 11 is 1.39. The molecule has 160 valence electrons. The number of carbonyl (C=O) groups is 2. The molecule has 0 saturated carbocycles. The Hall–Kier alpha value is -2.36. The number of nitrogens with zero attached hydrogens (tertiary/aromatic N) is 4. The van der Waals surface area contributed by atoms with E-state index in [1.807, 2.05) is 4.57 Å². The van der Waals surface area contributed by atoms with Crippen LogP contribution in [0.4, 0.5) is 5.82 Å². The second kappa shape index (κ2) is 11.0. The van der Waals surface area contributed by atoms with Crippen LogP contribution in [-0.4, -0.2) is 37.0 Å². The third-order valence-electron chi connectivity index (χ3n) is 4.18. The second-order valence-corrected chi connectivity index (χ2v) is 8.60. The summed E-state index contributed by atoms with van der Waals surface area (Å²) in [5.74, 6) is 1.59. The van der Waals surface area contributed by atoms with Crippen molar-refractivity contribution >= 4 is 29.4 Å². The quantitative estimate of drug-likeness (QED) is 0.503. The summed E-state index contributed by atoms with van der Waals surface area (Å²) in [6.07, 6.45) is 3.24. The first kappa shape index (κ1) is 22.9. The van der Waals surface area contributed by atoms with E-state index in [1.165, 1.54) is 11.8 Å². The molecule has 1 unspecified atom stereocenters. The zero-order valence-corrected chi connectivity index (χ0v) is 18.3. The summed E-state index contributed by atoms with van der Waals surface area (Å²) in [5.41, 5.74) is 5.28. The first-order valence-electron chi connectivity index (χ1n) is 9.91. The maximum atomic E-state index is 12.9. The van der Waals surface area contributed by atoms with Gasteiger partial charge in [0.05, 0.1) is 5.25 Å². The van der Waals surface area contributed by atoms with Gasteiger partial charge in [-0.1, -0.05) is 50.5 Å². The zero-order chi connectivity index (χ0) is 21.4. The SMILES string of the molecule is CCCCC(Sc1nnc(CCC(N)=O)n1CC(C)C)C(=O)Nc1cc(C)on1. The Kier molecular flexibility index (Phi) is 8.69. The van der Waals surface area contributed by atoms with Crippen molar-refractivity contribution in [3.63, 3.8) is 0 Å². The van der Waals surface area contributed by atoms with Crippen LogP contribution >= 0.6 is 11.8 Å². The van der Waals surface area contributed by atoms with Crippen molar-refractivity contribution in [2.75, 3.05) is 5.32 Å². The molecule has 29 heavy (non-hydrogen) atoms. The molecule has 0 aliphatic rings. The maximum Gasteiger partial charge on any atom is 0.239 e. The Morgan fingerprint density at radius 2 is 2.10 bits per heavy atom. The van der Waals surface area contributed by atoms with Gasteiger partial charge in [-0.3, -0.25) is 9.59 Å². The van der Waals surface area contributed by atoms with Crippen LogP contribution in [0.25, 0.3) is 0 Å². The van der Waals surface area contributed by atoms with Gasteiger partial charge >= 0.3 is 0 Å². The molecule has 9 nitrogen and oxygen atoms in total. The number of hydrogen-bond acceptors (Lipinski definition) is 7. The first-order chi connectivity index (χ1) is 13.8. The van der Waals surface area contributed by atoms with Gasteiger partial charge in [-0.25, -0.2) is 0 Å². The van der Waals surface area contributed by atoms with Crippen LogP contribution in [0.15, 0.2) is 15.7 Å². The molecule has 2 rings (SSSR count). The number of carbonyl (C=O) groups excluding carboxylic acids is 2. The fraction of sp³-hybridized carbons (Fsp3) is 0.632. The van der Waals surface area contributed by atoms with Crippen LogP contribution in [0, 0.1) is 12.8 Å². The largest absolute Gasteiger partial charge is 0.370 e. The Bertz CT molecular complexity index is 817. The number of aromatic nitrogens is 4. The van der Waals surface area contributed by atoms with Gasteiger partial charge in [-0.2, -0.15) is 0 Å². The van der Waals surface area contributed by atoms with Gasteiger partial charge in [0.25, 0.3) is 0 Å². The molecule has 0 aromatic carbocycles. The molecule has 2 aromatic rings. The van der Waals surface area contributed by atoms with Crippen molar-refractivity contribution in [3.05, 3.63) is 17.7 Å². The molecular weight excluding hydrogens is 392 g/mol. The van der Waals surface area contributed by atoms with Crippen LogP contribution in [0.1, 0.15) is 58.0 Å². The van der Waals surface area contributed by atoms with Gasteiger partial charge in [0.2, 0.25) is 11.8 Å². The minimum Gasteiger partial charge on any atom is -0.370 e. The number of amides is 2. The predicted octanol–water partition coefficient (Wildman–Crippen LogP) is 2.94. The van der Waals surface area contributed by atoms with E-state index in [-0.39, 0.29) is 23.5 Å². The lowest BCUT2D eigenvalue weighted by Gasteiger charge is -2.17. The van der Waals surface area contributed by atoms with Crippen molar-refractivity contribution < 1.29 is 14.1 Å². The lowest BCUT2D eigenvalue weighted by molar-refractivity contribution is -0.118. The molecule has 0 fully saturated rings. The highest BCUT2D eigenvalue weighted by Crippen LogP contribution is 2.28. The monoisotopic (exact) mass is 422 g/mol. The molecular formula is C19H30N6O3S. The highest BCUT2D eigenvalue weighted by Gasteiger charge is 2.25. The van der Waals surface area contributed by atoms with Crippen LogP contribution in [0.5, 0.6) is 0 Å². The highest BCUT2D eigenvalue weighted by atomic mass is 32.2. The molecule has 2 aromatic heterocycles. The second-order valence-electron chi connectivity index (χ2n) is 7.43. The van der Waals surface area contributed by atoms with Crippen molar-refractivity contribution in [2.24, 2.45) is 11.7 Å². The molecule has 2 heterocycles. The number of nitrogens with one attached hydrogen (secondary N) is 1. The lowest BCUT2D eigenvalue weighted by Crippen LogP contribution is -2.26. The van der Waals surface area contributed by atoms with Gasteiger partial charge in [0.1, 0.15) is 11.6 Å². The Balaban J connectivity index is 2.19. The maximum absolute atomic E-state index is 12.9. The number of aryl methyl sites for hydroxylation is 2. The van der Waals surface area contributed by atoms with E-state index in [1.54, 1.807) is 13.0 Å². The van der Waals surface area contributed by atoms with Crippen LogP contribution in [-0.2, 0) is 22.6 Å². The van der Waals surface area contributed by atoms with Crippen molar-refractivity contribution in [1.82, 2.24) is 19.9 Å². The zero-order valence-electron chi connectivity index (χ0n) is 17.5. The lowest BCUT2D eigenvalue weighted by atomic mass is 10.2. The molecule has 10 heteroatoms. The summed E-state index contributed by atoms with van der Waals surface area (Å²) in [5, 5.41) is 15.5. The molecule has 0 aliphatic carbocycles. The van der Waals surface area contributed by atoms with E-state index in [0.717, 1.165) is 12.8 Å². The number of anilines is 1. The number of unbranched alkanes of at least 4 members (excludes halogenated alkanes) is 1.